The highest BCUT2D eigenvalue weighted by molar-refractivity contribution is 5.37. The molecule has 82 valence electrons. The van der Waals surface area contributed by atoms with Crippen molar-refractivity contribution in [3.05, 3.63) is 29.8 Å². The number of hydrogen-bond donors (Lipinski definition) is 1. The second-order valence-corrected chi connectivity index (χ2v) is 5.03. The molecule has 15 heavy (non-hydrogen) atoms. The van der Waals surface area contributed by atoms with Crippen LogP contribution in [0.5, 0.6) is 5.75 Å². The molecule has 0 amide bonds. The lowest BCUT2D eigenvalue weighted by Crippen LogP contribution is -2.44. The molecule has 0 unspecified atom stereocenters. The van der Waals surface area contributed by atoms with Crippen LogP contribution in [0.15, 0.2) is 24.3 Å². The van der Waals surface area contributed by atoms with Gasteiger partial charge in [0.05, 0.1) is 0 Å². The van der Waals surface area contributed by atoms with E-state index in [4.69, 9.17) is 0 Å². The van der Waals surface area contributed by atoms with Crippen LogP contribution in [-0.4, -0.2) is 29.6 Å². The third-order valence-electron chi connectivity index (χ3n) is 3.20. The zero-order chi connectivity index (χ0) is 10.9. The van der Waals surface area contributed by atoms with Gasteiger partial charge in [-0.2, -0.15) is 0 Å². The maximum Gasteiger partial charge on any atom is 0.119 e. The average molecular weight is 205 g/mol. The summed E-state index contributed by atoms with van der Waals surface area (Å²) in [5, 5.41) is 9.83. The first-order chi connectivity index (χ1) is 7.09. The van der Waals surface area contributed by atoms with Crippen molar-refractivity contribution in [3.63, 3.8) is 0 Å². The quantitative estimate of drug-likeness (QED) is 0.819. The van der Waals surface area contributed by atoms with Gasteiger partial charge in [0.15, 0.2) is 0 Å². The predicted molar refractivity (Wildman–Crippen MR) is 62.2 cm³/mol. The molecular weight excluding hydrogens is 186 g/mol. The molecule has 1 heterocycles. The van der Waals surface area contributed by atoms with E-state index in [1.165, 1.54) is 19.5 Å². The van der Waals surface area contributed by atoms with Crippen LogP contribution >= 0.6 is 0 Å². The number of aromatic hydroxyl groups is 1. The summed E-state index contributed by atoms with van der Waals surface area (Å²) >= 11 is 0. The van der Waals surface area contributed by atoms with Gasteiger partial charge < -0.3 is 10.0 Å². The molecule has 0 atom stereocenters. The summed E-state index contributed by atoms with van der Waals surface area (Å²) < 4.78 is 0. The van der Waals surface area contributed by atoms with Gasteiger partial charge in [0.1, 0.15) is 5.75 Å². The summed E-state index contributed by atoms with van der Waals surface area (Å²) in [5.74, 6) is 0.419. The third-order valence-corrected chi connectivity index (χ3v) is 3.20. The number of phenols is 1. The molecule has 1 N–H and O–H groups in total. The van der Waals surface area contributed by atoms with Gasteiger partial charge >= 0.3 is 0 Å². The Morgan fingerprint density at radius 1 is 1.27 bits per heavy atom. The van der Waals surface area contributed by atoms with E-state index < -0.39 is 0 Å². The van der Waals surface area contributed by atoms with Crippen molar-refractivity contribution in [3.8, 4) is 5.75 Å². The minimum Gasteiger partial charge on any atom is -0.508 e. The summed E-state index contributed by atoms with van der Waals surface area (Å²) in [4.78, 5) is 2.44. The summed E-state index contributed by atoms with van der Waals surface area (Å²) in [5.41, 5.74) is 1.09. The van der Waals surface area contributed by atoms with Crippen molar-refractivity contribution in [2.24, 2.45) is 0 Å². The van der Waals surface area contributed by atoms with Gasteiger partial charge in [-0.15, -0.1) is 0 Å². The molecule has 0 radical (unpaired) electrons. The van der Waals surface area contributed by atoms with Crippen molar-refractivity contribution in [2.75, 3.05) is 19.6 Å². The average Bonchev–Trinajstić information content (AvgIpc) is 2.12. The zero-order valence-corrected chi connectivity index (χ0v) is 9.53. The molecule has 1 fully saturated rings. The molecule has 1 aromatic rings. The zero-order valence-electron chi connectivity index (χ0n) is 9.53. The molecule has 1 aromatic carbocycles. The number of nitrogens with zero attached hydrogens (tertiary/aromatic N) is 1. The topological polar surface area (TPSA) is 23.5 Å². The van der Waals surface area contributed by atoms with E-state index >= 15 is 0 Å². The second kappa shape index (κ2) is 3.86. The minimum atomic E-state index is 0.0335. The van der Waals surface area contributed by atoms with E-state index in [9.17, 15) is 5.11 Å². The first-order valence-corrected chi connectivity index (χ1v) is 5.60. The Labute approximate surface area is 91.5 Å². The molecule has 0 aromatic heterocycles. The standard InChI is InChI=1S/C13H19NO/c1-13(2,10-14-8-5-9-14)11-6-3-4-7-12(11)15/h3-4,6-7,15H,5,8-10H2,1-2H3. The molecule has 1 aliphatic heterocycles. The van der Waals surface area contributed by atoms with Crippen LogP contribution in [0.25, 0.3) is 0 Å². The van der Waals surface area contributed by atoms with Crippen LogP contribution in [0.4, 0.5) is 0 Å². The van der Waals surface area contributed by atoms with Crippen molar-refractivity contribution in [1.29, 1.82) is 0 Å². The molecule has 1 saturated heterocycles. The predicted octanol–water partition coefficient (Wildman–Crippen LogP) is 2.38. The molecule has 2 rings (SSSR count). The summed E-state index contributed by atoms with van der Waals surface area (Å²) in [7, 11) is 0. The van der Waals surface area contributed by atoms with Crippen LogP contribution in [-0.2, 0) is 5.41 Å². The van der Waals surface area contributed by atoms with Gasteiger partial charge in [0.25, 0.3) is 0 Å². The molecular formula is C13H19NO. The maximum atomic E-state index is 9.83. The number of phenolic OH excluding ortho intramolecular Hbond substituents is 1. The van der Waals surface area contributed by atoms with E-state index in [2.05, 4.69) is 18.7 Å². The first-order valence-electron chi connectivity index (χ1n) is 5.60. The SMILES string of the molecule is CC(C)(CN1CCC1)c1ccccc1O. The molecule has 0 bridgehead atoms. The number of para-hydroxylation sites is 1. The van der Waals surface area contributed by atoms with Gasteiger partial charge in [0, 0.05) is 17.5 Å². The normalized spacial score (nSPS) is 17.5. The van der Waals surface area contributed by atoms with Crippen molar-refractivity contribution >= 4 is 0 Å². The van der Waals surface area contributed by atoms with Gasteiger partial charge in [-0.1, -0.05) is 32.0 Å². The van der Waals surface area contributed by atoms with Crippen molar-refractivity contribution < 1.29 is 5.11 Å². The summed E-state index contributed by atoms with van der Waals surface area (Å²) in [6.07, 6.45) is 1.32. The molecule has 0 aliphatic carbocycles. The minimum absolute atomic E-state index is 0.0335. The first kappa shape index (κ1) is 10.5. The van der Waals surface area contributed by atoms with Crippen LogP contribution in [0.1, 0.15) is 25.8 Å². The second-order valence-electron chi connectivity index (χ2n) is 5.03. The van der Waals surface area contributed by atoms with E-state index in [0.717, 1.165) is 12.1 Å². The Morgan fingerprint density at radius 2 is 1.93 bits per heavy atom. The van der Waals surface area contributed by atoms with Gasteiger partial charge in [0.2, 0.25) is 0 Å². The largest absolute Gasteiger partial charge is 0.508 e. The maximum absolute atomic E-state index is 9.83. The molecule has 0 saturated carbocycles. The highest BCUT2D eigenvalue weighted by atomic mass is 16.3. The number of likely N-dealkylation sites (tertiary alicyclic amines) is 1. The number of benzene rings is 1. The Hall–Kier alpha value is -1.02. The van der Waals surface area contributed by atoms with E-state index in [-0.39, 0.29) is 5.41 Å². The number of hydrogen-bond acceptors (Lipinski definition) is 2. The van der Waals surface area contributed by atoms with Crippen LogP contribution in [0, 0.1) is 0 Å². The fraction of sp³-hybridized carbons (Fsp3) is 0.538. The van der Waals surface area contributed by atoms with Gasteiger partial charge in [-0.25, -0.2) is 0 Å². The molecule has 2 nitrogen and oxygen atoms in total. The monoisotopic (exact) mass is 205 g/mol. The molecule has 0 spiro atoms. The fourth-order valence-electron chi connectivity index (χ4n) is 2.23. The Balaban J connectivity index is 2.16. The van der Waals surface area contributed by atoms with Crippen LogP contribution < -0.4 is 0 Å². The third kappa shape index (κ3) is 2.15. The molecule has 2 heteroatoms. The van der Waals surface area contributed by atoms with Crippen molar-refractivity contribution in [2.45, 2.75) is 25.7 Å². The van der Waals surface area contributed by atoms with Gasteiger partial charge in [-0.3, -0.25) is 0 Å². The summed E-state index contributed by atoms with van der Waals surface area (Å²) in [6, 6.07) is 7.66. The van der Waals surface area contributed by atoms with E-state index in [1.807, 2.05) is 18.2 Å². The smallest absolute Gasteiger partial charge is 0.119 e. The Morgan fingerprint density at radius 3 is 2.47 bits per heavy atom. The lowest BCUT2D eigenvalue weighted by molar-refractivity contribution is 0.146. The fourth-order valence-corrected chi connectivity index (χ4v) is 2.23. The number of rotatable bonds is 3. The highest BCUT2D eigenvalue weighted by Crippen LogP contribution is 2.32. The lowest BCUT2D eigenvalue weighted by Gasteiger charge is -2.38. The van der Waals surface area contributed by atoms with Crippen molar-refractivity contribution in [1.82, 2.24) is 4.90 Å². The van der Waals surface area contributed by atoms with Crippen LogP contribution in [0.2, 0.25) is 0 Å². The Bertz CT molecular complexity index is 342. The summed E-state index contributed by atoms with van der Waals surface area (Å²) in [6.45, 7) is 7.83. The van der Waals surface area contributed by atoms with E-state index in [0.29, 0.717) is 5.75 Å². The van der Waals surface area contributed by atoms with Gasteiger partial charge in [-0.05, 0) is 25.6 Å². The van der Waals surface area contributed by atoms with Crippen LogP contribution in [0.3, 0.4) is 0 Å². The highest BCUT2D eigenvalue weighted by Gasteiger charge is 2.28. The molecule has 1 aliphatic rings. The Kier molecular flexibility index (Phi) is 2.70. The van der Waals surface area contributed by atoms with E-state index in [1.54, 1.807) is 6.07 Å². The lowest BCUT2D eigenvalue weighted by atomic mass is 9.83.